The van der Waals surface area contributed by atoms with Gasteiger partial charge in [0, 0.05) is 18.2 Å². The molecule has 3 rings (SSSR count). The zero-order valence-electron chi connectivity index (χ0n) is 12.4. The van der Waals surface area contributed by atoms with Gasteiger partial charge in [-0.1, -0.05) is 33.1 Å². The van der Waals surface area contributed by atoms with Crippen LogP contribution in [0.25, 0.3) is 0 Å². The average Bonchev–Trinajstić information content (AvgIpc) is 3.00. The highest BCUT2D eigenvalue weighted by molar-refractivity contribution is 5.12. The van der Waals surface area contributed by atoms with E-state index in [-0.39, 0.29) is 11.0 Å². The minimum absolute atomic E-state index is 0.0676. The normalized spacial score (nSPS) is 31.1. The van der Waals surface area contributed by atoms with Gasteiger partial charge in [-0.15, -0.1) is 0 Å². The quantitative estimate of drug-likeness (QED) is 0.905. The van der Waals surface area contributed by atoms with E-state index in [1.165, 1.54) is 44.2 Å². The highest BCUT2D eigenvalue weighted by Crippen LogP contribution is 2.45. The minimum atomic E-state index is -0.0676. The van der Waals surface area contributed by atoms with Crippen molar-refractivity contribution >= 4 is 0 Å². The van der Waals surface area contributed by atoms with E-state index < -0.39 is 0 Å². The topological polar surface area (TPSA) is 43.8 Å². The molecular formula is C16H27N3. The lowest BCUT2D eigenvalue weighted by molar-refractivity contribution is 0.205. The summed E-state index contributed by atoms with van der Waals surface area (Å²) < 4.78 is 2.19. The van der Waals surface area contributed by atoms with E-state index in [0.717, 1.165) is 12.8 Å². The minimum Gasteiger partial charge on any atom is -0.324 e. The summed E-state index contributed by atoms with van der Waals surface area (Å²) in [6.07, 6.45) is 12.0. The predicted molar refractivity (Wildman–Crippen MR) is 78.0 cm³/mol. The lowest BCUT2D eigenvalue weighted by Gasteiger charge is -2.37. The van der Waals surface area contributed by atoms with Crippen LogP contribution in [0.2, 0.25) is 0 Å². The van der Waals surface area contributed by atoms with E-state index in [1.807, 2.05) is 0 Å². The third-order valence-corrected chi connectivity index (χ3v) is 5.63. The first-order chi connectivity index (χ1) is 9.00. The maximum atomic E-state index is 6.68. The van der Waals surface area contributed by atoms with Gasteiger partial charge in [0.15, 0.2) is 0 Å². The molecule has 0 radical (unpaired) electrons. The Hall–Kier alpha value is -0.830. The molecule has 2 aliphatic rings. The van der Waals surface area contributed by atoms with E-state index in [4.69, 9.17) is 10.8 Å². The number of rotatable bonds is 3. The van der Waals surface area contributed by atoms with E-state index >= 15 is 0 Å². The van der Waals surface area contributed by atoms with Crippen molar-refractivity contribution in [1.29, 1.82) is 0 Å². The predicted octanol–water partition coefficient (Wildman–Crippen LogP) is 3.45. The molecule has 19 heavy (non-hydrogen) atoms. The number of nitrogens with two attached hydrogens (primary N) is 1. The summed E-state index contributed by atoms with van der Waals surface area (Å²) in [5.74, 6) is 0. The lowest BCUT2D eigenvalue weighted by Crippen LogP contribution is -2.50. The summed E-state index contributed by atoms with van der Waals surface area (Å²) in [4.78, 5) is 0. The lowest BCUT2D eigenvalue weighted by atomic mass is 9.73. The molecule has 3 nitrogen and oxygen atoms in total. The van der Waals surface area contributed by atoms with Crippen molar-refractivity contribution in [2.75, 3.05) is 0 Å². The average molecular weight is 261 g/mol. The van der Waals surface area contributed by atoms with Gasteiger partial charge in [-0.3, -0.25) is 4.68 Å². The van der Waals surface area contributed by atoms with Gasteiger partial charge in [-0.25, -0.2) is 0 Å². The molecule has 106 valence electrons. The van der Waals surface area contributed by atoms with Crippen molar-refractivity contribution in [3.8, 4) is 0 Å². The van der Waals surface area contributed by atoms with E-state index in [9.17, 15) is 0 Å². The highest BCUT2D eigenvalue weighted by Gasteiger charge is 2.45. The Morgan fingerprint density at radius 2 is 2.00 bits per heavy atom. The maximum absolute atomic E-state index is 6.68. The Labute approximate surface area is 116 Å². The van der Waals surface area contributed by atoms with Gasteiger partial charge >= 0.3 is 0 Å². The zero-order chi connectivity index (χ0) is 13.5. The molecule has 0 bridgehead atoms. The molecule has 2 fully saturated rings. The summed E-state index contributed by atoms with van der Waals surface area (Å²) in [6.45, 7) is 4.63. The van der Waals surface area contributed by atoms with Crippen molar-refractivity contribution in [3.63, 3.8) is 0 Å². The van der Waals surface area contributed by atoms with E-state index in [1.54, 1.807) is 0 Å². The highest BCUT2D eigenvalue weighted by atomic mass is 15.3. The van der Waals surface area contributed by atoms with Crippen molar-refractivity contribution in [2.24, 2.45) is 11.1 Å². The Kier molecular flexibility index (Phi) is 3.20. The first kappa shape index (κ1) is 13.2. The molecule has 2 N–H and O–H groups in total. The number of nitrogens with zero attached hydrogens (tertiary/aromatic N) is 2. The van der Waals surface area contributed by atoms with Gasteiger partial charge in [0.05, 0.1) is 11.7 Å². The van der Waals surface area contributed by atoms with Crippen LogP contribution in [-0.4, -0.2) is 15.3 Å². The van der Waals surface area contributed by atoms with Gasteiger partial charge in [-0.2, -0.15) is 5.10 Å². The summed E-state index contributed by atoms with van der Waals surface area (Å²) in [7, 11) is 0. The van der Waals surface area contributed by atoms with Crippen LogP contribution in [0, 0.1) is 5.41 Å². The molecule has 2 aliphatic carbocycles. The van der Waals surface area contributed by atoms with Crippen LogP contribution in [-0.2, 0) is 6.42 Å². The van der Waals surface area contributed by atoms with Crippen molar-refractivity contribution in [1.82, 2.24) is 9.78 Å². The van der Waals surface area contributed by atoms with Crippen LogP contribution in [0.1, 0.15) is 70.5 Å². The monoisotopic (exact) mass is 261 g/mol. The largest absolute Gasteiger partial charge is 0.324 e. The summed E-state index contributed by atoms with van der Waals surface area (Å²) in [5, 5.41) is 4.80. The van der Waals surface area contributed by atoms with Gasteiger partial charge < -0.3 is 5.73 Å². The Balaban J connectivity index is 1.73. The first-order valence-corrected chi connectivity index (χ1v) is 7.83. The van der Waals surface area contributed by atoms with E-state index in [0.29, 0.717) is 6.04 Å². The van der Waals surface area contributed by atoms with Crippen molar-refractivity contribution in [3.05, 3.63) is 18.0 Å². The fraction of sp³-hybridized carbons (Fsp3) is 0.812. The number of hydrogen-bond donors (Lipinski definition) is 1. The summed E-state index contributed by atoms with van der Waals surface area (Å²) in [6, 6.07) is 2.82. The molecule has 2 saturated carbocycles. The molecule has 0 amide bonds. The molecule has 1 aromatic heterocycles. The summed E-state index contributed by atoms with van der Waals surface area (Å²) >= 11 is 0. The fourth-order valence-corrected chi connectivity index (χ4v) is 3.93. The molecule has 1 atom stereocenters. The Morgan fingerprint density at radius 1 is 1.26 bits per heavy atom. The second-order valence-electron chi connectivity index (χ2n) is 7.30. The molecular weight excluding hydrogens is 234 g/mol. The Bertz CT molecular complexity index is 443. The molecule has 1 aromatic rings. The first-order valence-electron chi connectivity index (χ1n) is 7.83. The molecule has 0 aliphatic heterocycles. The van der Waals surface area contributed by atoms with Gasteiger partial charge in [-0.05, 0) is 37.2 Å². The molecule has 0 aromatic carbocycles. The van der Waals surface area contributed by atoms with Crippen LogP contribution in [0.4, 0.5) is 0 Å². The number of aromatic nitrogens is 2. The standard InChI is InChI=1S/C16H27N3/c1-15(2)9-5-10-16(15,17)12-13-8-11-19(18-13)14-6-3-4-7-14/h8,11,14H,3-7,9-10,12,17H2,1-2H3. The van der Waals surface area contributed by atoms with Gasteiger partial charge in [0.2, 0.25) is 0 Å². The SMILES string of the molecule is CC1(C)CCCC1(N)Cc1ccn(C2CCCC2)n1. The van der Waals surface area contributed by atoms with Crippen LogP contribution < -0.4 is 5.73 Å². The van der Waals surface area contributed by atoms with Crippen LogP contribution in [0.3, 0.4) is 0 Å². The van der Waals surface area contributed by atoms with Gasteiger partial charge in [0.25, 0.3) is 0 Å². The molecule has 0 saturated heterocycles. The molecule has 0 spiro atoms. The maximum Gasteiger partial charge on any atom is 0.0643 e. The smallest absolute Gasteiger partial charge is 0.0643 e. The molecule has 1 unspecified atom stereocenters. The third-order valence-electron chi connectivity index (χ3n) is 5.63. The zero-order valence-corrected chi connectivity index (χ0v) is 12.4. The van der Waals surface area contributed by atoms with Crippen LogP contribution in [0.15, 0.2) is 12.3 Å². The van der Waals surface area contributed by atoms with Crippen molar-refractivity contribution < 1.29 is 0 Å². The third kappa shape index (κ3) is 2.33. The second kappa shape index (κ2) is 4.62. The number of hydrogen-bond acceptors (Lipinski definition) is 2. The Morgan fingerprint density at radius 3 is 2.63 bits per heavy atom. The van der Waals surface area contributed by atoms with Crippen LogP contribution >= 0.6 is 0 Å². The second-order valence-corrected chi connectivity index (χ2v) is 7.30. The molecule has 3 heteroatoms. The summed E-state index contributed by atoms with van der Waals surface area (Å²) in [5.41, 5.74) is 8.04. The van der Waals surface area contributed by atoms with Crippen molar-refractivity contribution in [2.45, 2.75) is 76.8 Å². The van der Waals surface area contributed by atoms with Crippen LogP contribution in [0.5, 0.6) is 0 Å². The van der Waals surface area contributed by atoms with E-state index in [2.05, 4.69) is 30.8 Å². The molecule has 1 heterocycles. The fourth-order valence-electron chi connectivity index (χ4n) is 3.93. The van der Waals surface area contributed by atoms with Gasteiger partial charge in [0.1, 0.15) is 0 Å².